The first-order chi connectivity index (χ1) is 8.83. The molecule has 1 N–H and O–H groups in total. The molecule has 0 saturated carbocycles. The Morgan fingerprint density at radius 1 is 1.11 bits per heavy atom. The average molecular weight is 255 g/mol. The van der Waals surface area contributed by atoms with E-state index in [4.69, 9.17) is 0 Å². The van der Waals surface area contributed by atoms with Crippen LogP contribution in [0.15, 0.2) is 42.0 Å². The third-order valence-electron chi connectivity index (χ3n) is 2.84. The van der Waals surface area contributed by atoms with Crippen LogP contribution in [0.3, 0.4) is 0 Å². The van der Waals surface area contributed by atoms with E-state index in [2.05, 4.69) is 52.5 Å². The minimum atomic E-state index is 0.780. The molecule has 4 heteroatoms. The quantitative estimate of drug-likeness (QED) is 0.777. The lowest BCUT2D eigenvalue weighted by Gasteiger charge is -2.06. The predicted octanol–water partition coefficient (Wildman–Crippen LogP) is 3.61. The van der Waals surface area contributed by atoms with Crippen LogP contribution in [-0.4, -0.2) is 9.97 Å². The Kier molecular flexibility index (Phi) is 2.94. The number of hydrogen-bond donors (Lipinski definition) is 1. The maximum atomic E-state index is 4.30. The molecule has 0 amide bonds. The molecule has 0 atom stereocenters. The fourth-order valence-electron chi connectivity index (χ4n) is 1.82. The number of hydrogen-bond acceptors (Lipinski definition) is 4. The van der Waals surface area contributed by atoms with Crippen molar-refractivity contribution in [2.75, 3.05) is 5.32 Å². The summed E-state index contributed by atoms with van der Waals surface area (Å²) in [6.07, 6.45) is 1.61. The van der Waals surface area contributed by atoms with Gasteiger partial charge in [-0.2, -0.15) is 0 Å². The number of nitrogens with zero attached hydrogens (tertiary/aromatic N) is 2. The molecule has 3 rings (SSSR count). The van der Waals surface area contributed by atoms with Gasteiger partial charge in [0.2, 0.25) is 0 Å². The summed E-state index contributed by atoms with van der Waals surface area (Å²) < 4.78 is 0. The second-order valence-electron chi connectivity index (χ2n) is 4.20. The normalized spacial score (nSPS) is 10.7. The van der Waals surface area contributed by atoms with Crippen molar-refractivity contribution in [2.24, 2.45) is 0 Å². The monoisotopic (exact) mass is 255 g/mol. The van der Waals surface area contributed by atoms with Crippen LogP contribution < -0.4 is 5.32 Å². The number of rotatable bonds is 3. The van der Waals surface area contributed by atoms with E-state index in [9.17, 15) is 0 Å². The van der Waals surface area contributed by atoms with Gasteiger partial charge in [-0.3, -0.25) is 0 Å². The predicted molar refractivity (Wildman–Crippen MR) is 75.9 cm³/mol. The van der Waals surface area contributed by atoms with Crippen molar-refractivity contribution < 1.29 is 0 Å². The Hall–Kier alpha value is -1.94. The lowest BCUT2D eigenvalue weighted by molar-refractivity contribution is 1.10. The Balaban J connectivity index is 1.80. The number of fused-ring (bicyclic) bond motifs is 1. The second kappa shape index (κ2) is 4.74. The first kappa shape index (κ1) is 11.2. The van der Waals surface area contributed by atoms with Crippen molar-refractivity contribution in [3.63, 3.8) is 0 Å². The number of nitrogens with one attached hydrogen (secondary N) is 1. The number of anilines is 1. The molecule has 3 nitrogen and oxygen atoms in total. The third-order valence-corrected chi connectivity index (χ3v) is 3.66. The van der Waals surface area contributed by atoms with E-state index < -0.39 is 0 Å². The lowest BCUT2D eigenvalue weighted by atomic mass is 10.1. The highest BCUT2D eigenvalue weighted by Gasteiger charge is 2.03. The second-order valence-corrected chi connectivity index (χ2v) is 5.10. The van der Waals surface area contributed by atoms with Crippen molar-refractivity contribution in [2.45, 2.75) is 13.5 Å². The lowest BCUT2D eigenvalue weighted by Crippen LogP contribution is -2.01. The summed E-state index contributed by atoms with van der Waals surface area (Å²) in [5.74, 6) is 0.904. The summed E-state index contributed by atoms with van der Waals surface area (Å²) in [7, 11) is 0. The topological polar surface area (TPSA) is 37.8 Å². The molecule has 0 unspecified atom stereocenters. The summed E-state index contributed by atoms with van der Waals surface area (Å²) in [6, 6.07) is 10.6. The van der Waals surface area contributed by atoms with Crippen molar-refractivity contribution in [1.29, 1.82) is 0 Å². The Morgan fingerprint density at radius 3 is 2.78 bits per heavy atom. The Morgan fingerprint density at radius 2 is 1.94 bits per heavy atom. The Labute approximate surface area is 110 Å². The molecule has 2 heterocycles. The molecular formula is C14H13N3S. The van der Waals surface area contributed by atoms with Gasteiger partial charge in [0, 0.05) is 6.54 Å². The van der Waals surface area contributed by atoms with Crippen molar-refractivity contribution in [3.05, 3.63) is 53.2 Å². The summed E-state index contributed by atoms with van der Waals surface area (Å²) in [5.41, 5.74) is 2.53. The zero-order chi connectivity index (χ0) is 12.4. The van der Waals surface area contributed by atoms with Gasteiger partial charge in [-0.05, 0) is 23.9 Å². The van der Waals surface area contributed by atoms with E-state index in [0.29, 0.717) is 0 Å². The highest BCUT2D eigenvalue weighted by Crippen LogP contribution is 2.23. The molecule has 2 aromatic heterocycles. The van der Waals surface area contributed by atoms with Crippen LogP contribution in [0, 0.1) is 6.92 Å². The minimum Gasteiger partial charge on any atom is -0.365 e. The number of aromatic nitrogens is 2. The van der Waals surface area contributed by atoms with Crippen LogP contribution in [0.2, 0.25) is 0 Å². The van der Waals surface area contributed by atoms with Gasteiger partial charge in [0.15, 0.2) is 0 Å². The first-order valence-electron chi connectivity index (χ1n) is 5.80. The van der Waals surface area contributed by atoms with E-state index in [0.717, 1.165) is 22.6 Å². The van der Waals surface area contributed by atoms with Crippen molar-refractivity contribution in [3.8, 4) is 0 Å². The minimum absolute atomic E-state index is 0.780. The van der Waals surface area contributed by atoms with Crippen molar-refractivity contribution >= 4 is 27.4 Å². The highest BCUT2D eigenvalue weighted by atomic mass is 32.1. The van der Waals surface area contributed by atoms with Crippen molar-refractivity contribution in [1.82, 2.24) is 9.97 Å². The average Bonchev–Trinajstić information content (AvgIpc) is 2.87. The third kappa shape index (κ3) is 2.19. The van der Waals surface area contributed by atoms with Gasteiger partial charge < -0.3 is 5.32 Å². The number of aryl methyl sites for hydroxylation is 1. The van der Waals surface area contributed by atoms with Gasteiger partial charge in [0.05, 0.1) is 5.39 Å². The summed E-state index contributed by atoms with van der Waals surface area (Å²) >= 11 is 1.63. The van der Waals surface area contributed by atoms with E-state index in [1.807, 2.05) is 5.38 Å². The molecule has 18 heavy (non-hydrogen) atoms. The Bertz CT molecular complexity index is 658. The molecule has 0 bridgehead atoms. The molecule has 0 saturated heterocycles. The first-order valence-corrected chi connectivity index (χ1v) is 6.68. The smallest absolute Gasteiger partial charge is 0.138 e. The number of thiophene rings is 1. The van der Waals surface area contributed by atoms with Gasteiger partial charge >= 0.3 is 0 Å². The van der Waals surface area contributed by atoms with Gasteiger partial charge in [-0.25, -0.2) is 9.97 Å². The van der Waals surface area contributed by atoms with Gasteiger partial charge in [-0.15, -0.1) is 11.3 Å². The van der Waals surface area contributed by atoms with Crippen LogP contribution >= 0.6 is 11.3 Å². The molecule has 0 spiro atoms. The largest absolute Gasteiger partial charge is 0.365 e. The van der Waals surface area contributed by atoms with E-state index in [1.54, 1.807) is 17.7 Å². The number of benzene rings is 1. The van der Waals surface area contributed by atoms with Crippen LogP contribution in [0.25, 0.3) is 10.2 Å². The maximum Gasteiger partial charge on any atom is 0.138 e. The highest BCUT2D eigenvalue weighted by molar-refractivity contribution is 7.16. The summed E-state index contributed by atoms with van der Waals surface area (Å²) in [5, 5.41) is 6.50. The fourth-order valence-corrected chi connectivity index (χ4v) is 2.56. The zero-order valence-electron chi connectivity index (χ0n) is 10.1. The molecule has 1 aromatic carbocycles. The molecule has 0 fully saturated rings. The molecular weight excluding hydrogens is 242 g/mol. The standard InChI is InChI=1S/C14H13N3S/c1-10-2-4-11(5-3-10)8-15-13-12-6-7-18-14(12)17-9-16-13/h2-7,9H,8H2,1H3,(H,15,16,17). The zero-order valence-corrected chi connectivity index (χ0v) is 10.9. The maximum absolute atomic E-state index is 4.30. The van der Waals surface area contributed by atoms with Crippen LogP contribution in [0.1, 0.15) is 11.1 Å². The molecule has 0 aliphatic rings. The fraction of sp³-hybridized carbons (Fsp3) is 0.143. The van der Waals surface area contributed by atoms with Gasteiger partial charge in [0.1, 0.15) is 17.0 Å². The van der Waals surface area contributed by atoms with Crippen LogP contribution in [0.5, 0.6) is 0 Å². The van der Waals surface area contributed by atoms with Crippen LogP contribution in [-0.2, 0) is 6.54 Å². The molecule has 0 aliphatic heterocycles. The summed E-state index contributed by atoms with van der Waals surface area (Å²) in [4.78, 5) is 9.56. The molecule has 0 aliphatic carbocycles. The van der Waals surface area contributed by atoms with E-state index in [1.165, 1.54) is 11.1 Å². The molecule has 0 radical (unpaired) electrons. The van der Waals surface area contributed by atoms with Crippen LogP contribution in [0.4, 0.5) is 5.82 Å². The van der Waals surface area contributed by atoms with Gasteiger partial charge in [-0.1, -0.05) is 29.8 Å². The van der Waals surface area contributed by atoms with E-state index >= 15 is 0 Å². The van der Waals surface area contributed by atoms with Gasteiger partial charge in [0.25, 0.3) is 0 Å². The molecule has 3 aromatic rings. The molecule has 90 valence electrons. The summed E-state index contributed by atoms with van der Waals surface area (Å²) in [6.45, 7) is 2.87. The van der Waals surface area contributed by atoms with E-state index in [-0.39, 0.29) is 0 Å². The SMILES string of the molecule is Cc1ccc(CNc2ncnc3sccc23)cc1.